The highest BCUT2D eigenvalue weighted by molar-refractivity contribution is 6.02. The topological polar surface area (TPSA) is 142 Å². The molecule has 0 aliphatic carbocycles. The molecule has 270 valence electrons. The van der Waals surface area contributed by atoms with Crippen molar-refractivity contribution in [2.24, 2.45) is 5.92 Å². The van der Waals surface area contributed by atoms with Crippen LogP contribution in [0.3, 0.4) is 0 Å². The Hall–Kier alpha value is -4.88. The van der Waals surface area contributed by atoms with Crippen LogP contribution < -0.4 is 25.4 Å². The number of aliphatic hydroxyl groups is 1. The Labute approximate surface area is 292 Å². The number of likely N-dealkylation sites (N-methyl/N-ethyl adjacent to an activating group) is 1. The van der Waals surface area contributed by atoms with Gasteiger partial charge in [-0.2, -0.15) is 0 Å². The average Bonchev–Trinajstić information content (AvgIpc) is 3.10. The van der Waals surface area contributed by atoms with E-state index in [0.29, 0.717) is 41.6 Å². The first-order valence-electron chi connectivity index (χ1n) is 16.8. The Morgan fingerprint density at radius 1 is 1.00 bits per heavy atom. The second-order valence-corrected chi connectivity index (χ2v) is 12.6. The third kappa shape index (κ3) is 10.8. The number of amides is 5. The van der Waals surface area contributed by atoms with Gasteiger partial charge in [-0.15, -0.1) is 0 Å². The summed E-state index contributed by atoms with van der Waals surface area (Å²) in [7, 11) is 3.21. The lowest BCUT2D eigenvalue weighted by molar-refractivity contribution is -0.0115. The quantitative estimate of drug-likeness (QED) is 0.213. The van der Waals surface area contributed by atoms with E-state index in [0.717, 1.165) is 12.8 Å². The molecule has 0 radical (unpaired) electrons. The van der Waals surface area contributed by atoms with Gasteiger partial charge in [-0.3, -0.25) is 4.79 Å². The van der Waals surface area contributed by atoms with Crippen LogP contribution in [0.15, 0.2) is 66.7 Å². The Balaban J connectivity index is 1.56. The molecular weight excluding hydrogens is 645 g/mol. The monoisotopic (exact) mass is 693 g/mol. The number of halogens is 1. The number of rotatable bonds is 8. The number of methoxy groups -OCH3 is 1. The van der Waals surface area contributed by atoms with Crippen molar-refractivity contribution in [1.29, 1.82) is 0 Å². The zero-order valence-corrected chi connectivity index (χ0v) is 29.3. The van der Waals surface area contributed by atoms with Gasteiger partial charge in [0.05, 0.1) is 37.5 Å². The van der Waals surface area contributed by atoms with Gasteiger partial charge in [0.2, 0.25) is 0 Å². The van der Waals surface area contributed by atoms with E-state index >= 15 is 0 Å². The van der Waals surface area contributed by atoms with Gasteiger partial charge in [0.1, 0.15) is 17.3 Å². The summed E-state index contributed by atoms with van der Waals surface area (Å²) in [4.78, 5) is 43.4. The summed E-state index contributed by atoms with van der Waals surface area (Å²) in [5, 5.41) is 18.6. The maximum Gasteiger partial charge on any atom is 0.323 e. The highest BCUT2D eigenvalue weighted by Gasteiger charge is 2.31. The lowest BCUT2D eigenvalue weighted by atomic mass is 10.0. The normalized spacial score (nSPS) is 19.2. The van der Waals surface area contributed by atoms with E-state index in [2.05, 4.69) is 16.0 Å². The number of hydrogen-bond acceptors (Lipinski definition) is 7. The number of hydrogen-bond donors (Lipinski definition) is 4. The highest BCUT2D eigenvalue weighted by atomic mass is 19.1. The summed E-state index contributed by atoms with van der Waals surface area (Å²) >= 11 is 0. The van der Waals surface area contributed by atoms with Gasteiger partial charge >= 0.3 is 12.1 Å². The first-order chi connectivity index (χ1) is 24.0. The fourth-order valence-corrected chi connectivity index (χ4v) is 5.54. The van der Waals surface area contributed by atoms with Crippen LogP contribution >= 0.6 is 0 Å². The van der Waals surface area contributed by atoms with Gasteiger partial charge in [-0.05, 0) is 99.8 Å². The molecule has 0 saturated carbocycles. The summed E-state index contributed by atoms with van der Waals surface area (Å²) in [5.74, 6) is -0.0349. The molecule has 4 N–H and O–H groups in total. The molecule has 0 saturated heterocycles. The number of fused-ring (bicyclic) bond motifs is 1. The number of ether oxygens (including phenoxy) is 3. The Kier molecular flexibility index (Phi) is 13.8. The predicted octanol–water partition coefficient (Wildman–Crippen LogP) is 6.44. The van der Waals surface area contributed by atoms with Crippen molar-refractivity contribution in [1.82, 2.24) is 9.80 Å². The molecule has 1 heterocycles. The molecule has 50 heavy (non-hydrogen) atoms. The average molecular weight is 694 g/mol. The molecular formula is C37H48FN5O7. The lowest BCUT2D eigenvalue weighted by Gasteiger charge is -2.35. The molecule has 4 rings (SSSR count). The van der Waals surface area contributed by atoms with Crippen LogP contribution in [0.1, 0.15) is 50.4 Å². The number of carbonyl (C=O) groups excluding carboxylic acids is 3. The molecule has 0 aromatic heterocycles. The van der Waals surface area contributed by atoms with Crippen molar-refractivity contribution >= 4 is 35.0 Å². The van der Waals surface area contributed by atoms with Crippen molar-refractivity contribution in [3.8, 4) is 11.5 Å². The molecule has 1 aliphatic heterocycles. The van der Waals surface area contributed by atoms with E-state index in [1.54, 1.807) is 68.4 Å². The minimum Gasteiger partial charge on any atom is -0.497 e. The van der Waals surface area contributed by atoms with Crippen LogP contribution in [0.2, 0.25) is 0 Å². The molecule has 0 bridgehead atoms. The van der Waals surface area contributed by atoms with Crippen LogP contribution in [-0.2, 0) is 4.74 Å². The smallest absolute Gasteiger partial charge is 0.323 e. The van der Waals surface area contributed by atoms with Gasteiger partial charge in [0, 0.05) is 49.7 Å². The second-order valence-electron chi connectivity index (χ2n) is 12.6. The van der Waals surface area contributed by atoms with E-state index in [9.17, 15) is 23.9 Å². The SMILES string of the molecule is COc1ccc(NC(=O)Nc2ccc3c(c2)C(=O)N([C@@H](C)CO)C[C@@H](C)[C@H](CN(C)C(=O)Nc2ccc(F)cc2)OCCCC[C@H](C)O3)cc1. The molecule has 3 aromatic rings. The van der Waals surface area contributed by atoms with Gasteiger partial charge in [0.25, 0.3) is 5.91 Å². The molecule has 0 spiro atoms. The number of anilines is 3. The summed E-state index contributed by atoms with van der Waals surface area (Å²) in [6.45, 7) is 6.19. The Morgan fingerprint density at radius 2 is 1.64 bits per heavy atom. The van der Waals surface area contributed by atoms with Gasteiger partial charge in [-0.1, -0.05) is 6.92 Å². The van der Waals surface area contributed by atoms with Crippen molar-refractivity contribution < 1.29 is 38.1 Å². The van der Waals surface area contributed by atoms with Crippen LogP contribution in [0, 0.1) is 11.7 Å². The third-order valence-electron chi connectivity index (χ3n) is 8.55. The minimum atomic E-state index is -0.571. The van der Waals surface area contributed by atoms with E-state index < -0.39 is 29.9 Å². The molecule has 0 unspecified atom stereocenters. The number of urea groups is 2. The van der Waals surface area contributed by atoms with Gasteiger partial charge < -0.3 is 45.1 Å². The number of benzene rings is 3. The second kappa shape index (κ2) is 18.2. The molecule has 3 aromatic carbocycles. The van der Waals surface area contributed by atoms with E-state index in [1.165, 1.54) is 29.2 Å². The fraction of sp³-hybridized carbons (Fsp3) is 0.432. The lowest BCUT2D eigenvalue weighted by Crippen LogP contribution is -2.48. The summed E-state index contributed by atoms with van der Waals surface area (Å²) in [6.07, 6.45) is 1.60. The number of carbonyl (C=O) groups is 3. The van der Waals surface area contributed by atoms with Crippen LogP contribution in [0.5, 0.6) is 11.5 Å². The zero-order valence-electron chi connectivity index (χ0n) is 29.3. The van der Waals surface area contributed by atoms with E-state index in [-0.39, 0.29) is 43.3 Å². The zero-order chi connectivity index (χ0) is 36.2. The maximum absolute atomic E-state index is 14.4. The fourth-order valence-electron chi connectivity index (χ4n) is 5.54. The van der Waals surface area contributed by atoms with Crippen molar-refractivity contribution in [3.63, 3.8) is 0 Å². The Bertz CT molecular complexity index is 1570. The summed E-state index contributed by atoms with van der Waals surface area (Å²) in [5.41, 5.74) is 1.62. The number of aliphatic hydroxyl groups excluding tert-OH is 1. The van der Waals surface area contributed by atoms with Crippen molar-refractivity contribution in [2.75, 3.05) is 56.4 Å². The van der Waals surface area contributed by atoms with Crippen LogP contribution in [-0.4, -0.2) is 91.6 Å². The number of nitrogens with zero attached hydrogens (tertiary/aromatic N) is 2. The molecule has 0 fully saturated rings. The van der Waals surface area contributed by atoms with Crippen LogP contribution in [0.4, 0.5) is 31.0 Å². The van der Waals surface area contributed by atoms with E-state index in [4.69, 9.17) is 14.2 Å². The van der Waals surface area contributed by atoms with E-state index in [1.807, 2.05) is 13.8 Å². The maximum atomic E-state index is 14.4. The Morgan fingerprint density at radius 3 is 2.32 bits per heavy atom. The third-order valence-corrected chi connectivity index (χ3v) is 8.55. The molecule has 5 amide bonds. The summed E-state index contributed by atoms with van der Waals surface area (Å²) in [6, 6.07) is 15.9. The largest absolute Gasteiger partial charge is 0.497 e. The first-order valence-corrected chi connectivity index (χ1v) is 16.8. The number of nitrogens with one attached hydrogen (secondary N) is 3. The molecule has 1 aliphatic rings. The van der Waals surface area contributed by atoms with Crippen molar-refractivity contribution in [3.05, 3.63) is 78.1 Å². The molecule has 13 heteroatoms. The van der Waals surface area contributed by atoms with Crippen molar-refractivity contribution in [2.45, 2.75) is 58.3 Å². The molecule has 12 nitrogen and oxygen atoms in total. The predicted molar refractivity (Wildman–Crippen MR) is 191 cm³/mol. The molecule has 4 atom stereocenters. The van der Waals surface area contributed by atoms with Crippen LogP contribution in [0.25, 0.3) is 0 Å². The first kappa shape index (κ1) is 37.9. The van der Waals surface area contributed by atoms with Gasteiger partial charge in [0.15, 0.2) is 0 Å². The standard InChI is InChI=1S/C37H48FN5O7/c1-24-21-43(25(2)23-44)35(45)32-20-30(40-36(46)39-28-13-16-31(48-5)17-14-28)15-18-33(32)50-26(3)8-6-7-19-49-34(24)22-42(4)37(47)41-29-11-9-27(38)10-12-29/h9-18,20,24-26,34,44H,6-8,19,21-23H2,1-5H3,(H,41,47)(H2,39,40,46)/t24-,25+,26+,34+/m1/s1. The van der Waals surface area contributed by atoms with Gasteiger partial charge in [-0.25, -0.2) is 14.0 Å². The highest BCUT2D eigenvalue weighted by Crippen LogP contribution is 2.29. The minimum absolute atomic E-state index is 0.198. The summed E-state index contributed by atoms with van der Waals surface area (Å²) < 4.78 is 31.1.